The van der Waals surface area contributed by atoms with Crippen molar-refractivity contribution in [1.82, 2.24) is 24.9 Å². The molecule has 1 aliphatic carbocycles. The van der Waals surface area contributed by atoms with E-state index in [1.54, 1.807) is 45.9 Å². The molecule has 1 aromatic carbocycles. The summed E-state index contributed by atoms with van der Waals surface area (Å²) >= 11 is 0. The molecule has 2 fully saturated rings. The van der Waals surface area contributed by atoms with Crippen molar-refractivity contribution in [2.75, 3.05) is 78.5 Å². The predicted octanol–water partition coefficient (Wildman–Crippen LogP) is 1.42. The largest absolute Gasteiger partial charge is 0.480 e. The zero-order valence-electron chi connectivity index (χ0n) is 29.7. The van der Waals surface area contributed by atoms with Crippen molar-refractivity contribution < 1.29 is 44.1 Å². The maximum atomic E-state index is 13.1. The molecule has 278 valence electrons. The van der Waals surface area contributed by atoms with Crippen LogP contribution in [0.25, 0.3) is 0 Å². The summed E-state index contributed by atoms with van der Waals surface area (Å²) in [6, 6.07) is 6.42. The third kappa shape index (κ3) is 13.9. The highest BCUT2D eigenvalue weighted by molar-refractivity contribution is 5.98. The highest BCUT2D eigenvalue weighted by Crippen LogP contribution is 2.37. The molecule has 1 saturated carbocycles. The zero-order chi connectivity index (χ0) is 36.8. The number of carboxylic acid groups (broad SMARTS) is 3. The van der Waals surface area contributed by atoms with Gasteiger partial charge in [0, 0.05) is 70.3 Å². The van der Waals surface area contributed by atoms with E-state index in [1.807, 2.05) is 4.90 Å². The maximum absolute atomic E-state index is 13.1. The molecule has 4 N–H and O–H groups in total. The maximum Gasteiger partial charge on any atom is 0.317 e. The fourth-order valence-electron chi connectivity index (χ4n) is 7.03. The van der Waals surface area contributed by atoms with Crippen molar-refractivity contribution in [3.8, 4) is 0 Å². The summed E-state index contributed by atoms with van der Waals surface area (Å²) in [4.78, 5) is 80.6. The topological polar surface area (TPSA) is 188 Å². The zero-order valence-corrected chi connectivity index (χ0v) is 29.7. The van der Waals surface area contributed by atoms with Gasteiger partial charge in [-0.15, -0.1) is 0 Å². The van der Waals surface area contributed by atoms with Crippen LogP contribution in [0.4, 0.5) is 0 Å². The van der Waals surface area contributed by atoms with E-state index in [2.05, 4.69) is 19.2 Å². The highest BCUT2D eigenvalue weighted by atomic mass is 16.4. The third-order valence-corrected chi connectivity index (χ3v) is 9.88. The fraction of sp³-hybridized carbons (Fsp3) is 0.667. The van der Waals surface area contributed by atoms with Gasteiger partial charge in [-0.25, -0.2) is 0 Å². The first kappa shape index (κ1) is 40.7. The van der Waals surface area contributed by atoms with Crippen LogP contribution in [-0.4, -0.2) is 155 Å². The number of amides is 1. The minimum atomic E-state index is -1.02. The number of nitrogens with zero attached hydrogens (tertiary/aromatic N) is 4. The van der Waals surface area contributed by atoms with Gasteiger partial charge in [-0.3, -0.25) is 48.4 Å². The van der Waals surface area contributed by atoms with E-state index in [0.717, 1.165) is 24.8 Å². The minimum absolute atomic E-state index is 0.0178. The average molecular weight is 702 g/mol. The van der Waals surface area contributed by atoms with Crippen molar-refractivity contribution in [1.29, 1.82) is 0 Å². The summed E-state index contributed by atoms with van der Waals surface area (Å²) in [5, 5.41) is 31.0. The molecule has 1 unspecified atom stereocenters. The van der Waals surface area contributed by atoms with Gasteiger partial charge < -0.3 is 20.6 Å². The molecule has 1 saturated heterocycles. The average Bonchev–Trinajstić information content (AvgIpc) is 3.55. The van der Waals surface area contributed by atoms with Crippen LogP contribution < -0.4 is 5.32 Å². The molecule has 50 heavy (non-hydrogen) atoms. The van der Waals surface area contributed by atoms with Crippen molar-refractivity contribution in [3.63, 3.8) is 0 Å². The summed E-state index contributed by atoms with van der Waals surface area (Å²) in [5.74, 6) is -2.52. The predicted molar refractivity (Wildman–Crippen MR) is 186 cm³/mol. The van der Waals surface area contributed by atoms with Crippen LogP contribution in [0.15, 0.2) is 24.3 Å². The van der Waals surface area contributed by atoms with E-state index in [0.29, 0.717) is 76.2 Å². The van der Waals surface area contributed by atoms with Gasteiger partial charge in [0.15, 0.2) is 5.78 Å². The first-order chi connectivity index (χ1) is 23.7. The number of ketones is 2. The molecular formula is C36H55N5O9. The Morgan fingerprint density at radius 1 is 0.680 bits per heavy atom. The van der Waals surface area contributed by atoms with Crippen molar-refractivity contribution in [2.45, 2.75) is 58.9 Å². The van der Waals surface area contributed by atoms with Crippen molar-refractivity contribution >= 4 is 35.4 Å². The second kappa shape index (κ2) is 20.2. The van der Waals surface area contributed by atoms with Crippen LogP contribution in [0.3, 0.4) is 0 Å². The Kier molecular flexibility index (Phi) is 16.5. The molecule has 3 rings (SSSR count). The third-order valence-electron chi connectivity index (χ3n) is 9.88. The first-order valence-corrected chi connectivity index (χ1v) is 17.7. The van der Waals surface area contributed by atoms with Crippen molar-refractivity contribution in [2.24, 2.45) is 17.8 Å². The van der Waals surface area contributed by atoms with Gasteiger partial charge in [0.05, 0.1) is 32.2 Å². The lowest BCUT2D eigenvalue weighted by Crippen LogP contribution is -2.49. The molecule has 1 heterocycles. The molecule has 1 aliphatic heterocycles. The molecule has 1 aromatic rings. The van der Waals surface area contributed by atoms with Crippen LogP contribution in [-0.2, 0) is 30.4 Å². The first-order valence-electron chi connectivity index (χ1n) is 17.7. The molecule has 1 amide bonds. The molecule has 0 aromatic heterocycles. The number of aliphatic carboxylic acids is 3. The molecule has 0 bridgehead atoms. The van der Waals surface area contributed by atoms with E-state index >= 15 is 0 Å². The number of nitrogens with one attached hydrogen (secondary N) is 1. The second-order valence-electron chi connectivity index (χ2n) is 14.1. The Morgan fingerprint density at radius 2 is 1.12 bits per heavy atom. The number of hydrogen-bond donors (Lipinski definition) is 4. The summed E-state index contributed by atoms with van der Waals surface area (Å²) in [6.07, 6.45) is 3.65. The molecule has 14 heteroatoms. The van der Waals surface area contributed by atoms with E-state index in [-0.39, 0.29) is 56.0 Å². The van der Waals surface area contributed by atoms with Gasteiger partial charge in [0.1, 0.15) is 5.78 Å². The number of hydrogen-bond acceptors (Lipinski definition) is 10. The summed E-state index contributed by atoms with van der Waals surface area (Å²) < 4.78 is 0. The van der Waals surface area contributed by atoms with Crippen LogP contribution >= 0.6 is 0 Å². The standard InChI is InChI=1S/C36H55N5O9/c1-25(2)30-5-4-6-31(30)35(49)26(3)37-36(50)28-10-7-27(8-11-28)9-12-29(42)21-38-13-15-39(22-32(43)44)17-19-41(24-34(47)48)20-18-40(16-14-38)23-33(45)46/h7-8,10-11,25-26,30-31H,4-6,9,12-24H2,1-3H3,(H,37,50)(H,43,44)(H,45,46)(H,47,48)/t26-,30+,31?/m1/s1. The quantitative estimate of drug-likeness (QED) is 0.194. The minimum Gasteiger partial charge on any atom is -0.480 e. The molecule has 2 aliphatic rings. The summed E-state index contributed by atoms with van der Waals surface area (Å²) in [5.41, 5.74) is 1.32. The lowest BCUT2D eigenvalue weighted by atomic mass is 9.82. The van der Waals surface area contributed by atoms with Gasteiger partial charge in [-0.2, -0.15) is 0 Å². The van der Waals surface area contributed by atoms with E-state index in [9.17, 15) is 44.1 Å². The number of Topliss-reactive ketones (excluding diaryl/α,β-unsaturated/α-hetero) is 2. The summed E-state index contributed by atoms with van der Waals surface area (Å²) in [7, 11) is 0. The Morgan fingerprint density at radius 3 is 1.54 bits per heavy atom. The molecule has 0 spiro atoms. The lowest BCUT2D eigenvalue weighted by Gasteiger charge is -2.32. The molecule has 0 radical (unpaired) electrons. The number of carboxylic acids is 3. The van der Waals surface area contributed by atoms with E-state index in [4.69, 9.17) is 0 Å². The number of carbonyl (C=O) groups excluding carboxylic acids is 3. The summed E-state index contributed by atoms with van der Waals surface area (Å²) in [6.45, 7) is 8.11. The van der Waals surface area contributed by atoms with E-state index in [1.165, 1.54) is 0 Å². The number of benzene rings is 1. The Labute approximate surface area is 294 Å². The van der Waals surface area contributed by atoms with E-state index < -0.39 is 23.9 Å². The van der Waals surface area contributed by atoms with Gasteiger partial charge in [-0.05, 0) is 55.7 Å². The molecule has 14 nitrogen and oxygen atoms in total. The Hall–Kier alpha value is -3.72. The number of aryl methyl sites for hydroxylation is 1. The smallest absolute Gasteiger partial charge is 0.317 e. The van der Waals surface area contributed by atoms with Crippen LogP contribution in [0.1, 0.15) is 62.4 Å². The van der Waals surface area contributed by atoms with Crippen molar-refractivity contribution in [3.05, 3.63) is 35.4 Å². The van der Waals surface area contributed by atoms with Crippen LogP contribution in [0.2, 0.25) is 0 Å². The SMILES string of the molecule is CC(C)[C@@H]1CCCC1C(=O)[C@@H](C)NC(=O)c1ccc(CCC(=O)CN2CCN(CC(=O)O)CCN(CC(=O)O)CCN(CC(=O)O)CC2)cc1. The van der Waals surface area contributed by atoms with Gasteiger partial charge in [0.2, 0.25) is 0 Å². The second-order valence-corrected chi connectivity index (χ2v) is 14.1. The van der Waals surface area contributed by atoms with Gasteiger partial charge in [0.25, 0.3) is 5.91 Å². The Bertz CT molecular complexity index is 1290. The molecular weight excluding hydrogens is 646 g/mol. The fourth-order valence-corrected chi connectivity index (χ4v) is 7.03. The molecule has 3 atom stereocenters. The normalized spacial score (nSPS) is 21.2. The van der Waals surface area contributed by atoms with Crippen LogP contribution in [0, 0.1) is 17.8 Å². The highest BCUT2D eigenvalue weighted by Gasteiger charge is 2.37. The van der Waals surface area contributed by atoms with Gasteiger partial charge in [-0.1, -0.05) is 32.4 Å². The van der Waals surface area contributed by atoms with Crippen LogP contribution in [0.5, 0.6) is 0 Å². The Balaban J connectivity index is 1.56. The number of rotatable bonds is 16. The lowest BCUT2D eigenvalue weighted by molar-refractivity contribution is -0.140. The monoisotopic (exact) mass is 701 g/mol. The number of carbonyl (C=O) groups is 6. The van der Waals surface area contributed by atoms with Gasteiger partial charge >= 0.3 is 17.9 Å².